The van der Waals surface area contributed by atoms with Gasteiger partial charge in [-0.2, -0.15) is 0 Å². The minimum Gasteiger partial charge on any atom is -0.325 e. The molecule has 2 aliphatic heterocycles. The lowest BCUT2D eigenvalue weighted by molar-refractivity contribution is -0.117. The molecule has 2 heterocycles. The lowest BCUT2D eigenvalue weighted by Crippen LogP contribution is -2.48. The second-order valence-electron chi connectivity index (χ2n) is 7.88. The summed E-state index contributed by atoms with van der Waals surface area (Å²) in [5.41, 5.74) is 2.55. The standard InChI is InChI=1S/C22H28N4O3S/c27-22(18-25-13-11-24(12-14-25)17-19-6-2-1-3-7-19)23-20-8-4-9-21(16-20)26-10-5-15-30(26,28)29/h1-4,6-9,16H,5,10-15,17-18H2,(H,23,27). The third kappa shape index (κ3) is 5.19. The molecular formula is C22H28N4O3S. The number of carbonyl (C=O) groups is 1. The molecule has 160 valence electrons. The van der Waals surface area contributed by atoms with Crippen LogP contribution in [0.1, 0.15) is 12.0 Å². The van der Waals surface area contributed by atoms with E-state index in [1.165, 1.54) is 9.87 Å². The molecule has 4 rings (SSSR count). The lowest BCUT2D eigenvalue weighted by Gasteiger charge is -2.34. The lowest BCUT2D eigenvalue weighted by atomic mass is 10.2. The maximum Gasteiger partial charge on any atom is 0.238 e. The summed E-state index contributed by atoms with van der Waals surface area (Å²) < 4.78 is 25.7. The van der Waals surface area contributed by atoms with Gasteiger partial charge in [0.25, 0.3) is 0 Å². The highest BCUT2D eigenvalue weighted by Crippen LogP contribution is 2.26. The molecule has 0 atom stereocenters. The van der Waals surface area contributed by atoms with E-state index >= 15 is 0 Å². The summed E-state index contributed by atoms with van der Waals surface area (Å²) in [6.45, 7) is 5.35. The Morgan fingerprint density at radius 3 is 2.33 bits per heavy atom. The van der Waals surface area contributed by atoms with Gasteiger partial charge in [0.05, 0.1) is 18.0 Å². The van der Waals surface area contributed by atoms with Gasteiger partial charge >= 0.3 is 0 Å². The highest BCUT2D eigenvalue weighted by molar-refractivity contribution is 7.93. The molecule has 30 heavy (non-hydrogen) atoms. The number of rotatable bonds is 6. The van der Waals surface area contributed by atoms with Gasteiger partial charge in [-0.25, -0.2) is 8.42 Å². The predicted octanol–water partition coefficient (Wildman–Crippen LogP) is 1.98. The maximum atomic E-state index is 12.5. The first-order chi connectivity index (χ1) is 14.5. The minimum absolute atomic E-state index is 0.0760. The van der Waals surface area contributed by atoms with Crippen LogP contribution in [0.4, 0.5) is 11.4 Å². The summed E-state index contributed by atoms with van der Waals surface area (Å²) in [6.07, 6.45) is 0.634. The number of sulfonamides is 1. The molecular weight excluding hydrogens is 400 g/mol. The molecule has 0 radical (unpaired) electrons. The van der Waals surface area contributed by atoms with Gasteiger partial charge in [-0.1, -0.05) is 36.4 Å². The Hall–Kier alpha value is -2.42. The number of nitrogens with one attached hydrogen (secondary N) is 1. The van der Waals surface area contributed by atoms with E-state index in [-0.39, 0.29) is 11.7 Å². The number of carbonyl (C=O) groups excluding carboxylic acids is 1. The Bertz CT molecular complexity index is 973. The van der Waals surface area contributed by atoms with Gasteiger partial charge in [0.2, 0.25) is 15.9 Å². The SMILES string of the molecule is O=C(CN1CCN(Cc2ccccc2)CC1)Nc1cccc(N2CCCS2(=O)=O)c1. The van der Waals surface area contributed by atoms with E-state index in [2.05, 4.69) is 39.4 Å². The molecule has 2 aromatic carbocycles. The van der Waals surface area contributed by atoms with Crippen LogP contribution in [0.15, 0.2) is 54.6 Å². The van der Waals surface area contributed by atoms with E-state index in [9.17, 15) is 13.2 Å². The van der Waals surface area contributed by atoms with E-state index in [0.29, 0.717) is 30.9 Å². The zero-order chi connectivity index (χ0) is 21.0. The summed E-state index contributed by atoms with van der Waals surface area (Å²) in [7, 11) is -3.23. The molecule has 2 aromatic rings. The molecule has 2 fully saturated rings. The summed E-state index contributed by atoms with van der Waals surface area (Å²) in [5.74, 6) is 0.104. The van der Waals surface area contributed by atoms with Crippen LogP contribution in [0.5, 0.6) is 0 Å². The van der Waals surface area contributed by atoms with E-state index in [4.69, 9.17) is 0 Å². The third-order valence-corrected chi connectivity index (χ3v) is 7.47. The molecule has 0 saturated carbocycles. The van der Waals surface area contributed by atoms with Crippen LogP contribution in [0, 0.1) is 0 Å². The van der Waals surface area contributed by atoms with Crippen LogP contribution in [0.25, 0.3) is 0 Å². The van der Waals surface area contributed by atoms with Crippen LogP contribution < -0.4 is 9.62 Å². The average Bonchev–Trinajstić information content (AvgIpc) is 3.09. The molecule has 0 spiro atoms. The first kappa shape index (κ1) is 20.8. The van der Waals surface area contributed by atoms with Gasteiger partial charge in [-0.05, 0) is 30.2 Å². The van der Waals surface area contributed by atoms with Gasteiger partial charge in [0.1, 0.15) is 0 Å². The molecule has 2 aliphatic rings. The first-order valence-corrected chi connectivity index (χ1v) is 12.0. The average molecular weight is 429 g/mol. The van der Waals surface area contributed by atoms with Gasteiger partial charge in [-0.3, -0.25) is 18.9 Å². The smallest absolute Gasteiger partial charge is 0.238 e. The highest BCUT2D eigenvalue weighted by Gasteiger charge is 2.28. The molecule has 0 aromatic heterocycles. The number of hydrogen-bond acceptors (Lipinski definition) is 5. The zero-order valence-electron chi connectivity index (χ0n) is 17.0. The summed E-state index contributed by atoms with van der Waals surface area (Å²) in [5, 5.41) is 2.92. The van der Waals surface area contributed by atoms with E-state index in [1.54, 1.807) is 24.3 Å². The maximum absolute atomic E-state index is 12.5. The molecule has 0 unspecified atom stereocenters. The number of benzene rings is 2. The molecule has 1 N–H and O–H groups in total. The van der Waals surface area contributed by atoms with Crippen LogP contribution in [-0.4, -0.2) is 69.1 Å². The molecule has 0 aliphatic carbocycles. The van der Waals surface area contributed by atoms with Gasteiger partial charge in [0.15, 0.2) is 0 Å². The van der Waals surface area contributed by atoms with Crippen molar-refractivity contribution in [3.63, 3.8) is 0 Å². The van der Waals surface area contributed by atoms with E-state index < -0.39 is 10.0 Å². The van der Waals surface area contributed by atoms with Crippen molar-refractivity contribution >= 4 is 27.3 Å². The number of nitrogens with zero attached hydrogens (tertiary/aromatic N) is 3. The summed E-state index contributed by atoms with van der Waals surface area (Å²) in [6, 6.07) is 17.5. The minimum atomic E-state index is -3.23. The number of piperazine rings is 1. The largest absolute Gasteiger partial charge is 0.325 e. The van der Waals surface area contributed by atoms with Gasteiger partial charge < -0.3 is 5.32 Å². The van der Waals surface area contributed by atoms with Crippen LogP contribution in [-0.2, 0) is 21.4 Å². The fourth-order valence-corrected chi connectivity index (χ4v) is 5.58. The molecule has 1 amide bonds. The Morgan fingerprint density at radius 2 is 1.63 bits per heavy atom. The summed E-state index contributed by atoms with van der Waals surface area (Å²) >= 11 is 0. The summed E-state index contributed by atoms with van der Waals surface area (Å²) in [4.78, 5) is 17.1. The Morgan fingerprint density at radius 1 is 0.900 bits per heavy atom. The Balaban J connectivity index is 1.27. The van der Waals surface area contributed by atoms with E-state index in [0.717, 1.165) is 32.7 Å². The molecule has 8 heteroatoms. The van der Waals surface area contributed by atoms with Crippen molar-refractivity contribution in [3.05, 3.63) is 60.2 Å². The predicted molar refractivity (Wildman–Crippen MR) is 119 cm³/mol. The van der Waals surface area contributed by atoms with Crippen molar-refractivity contribution in [2.75, 3.05) is 54.6 Å². The van der Waals surface area contributed by atoms with E-state index in [1.807, 2.05) is 6.07 Å². The quantitative estimate of drug-likeness (QED) is 0.762. The van der Waals surface area contributed by atoms with Crippen LogP contribution in [0.2, 0.25) is 0 Å². The van der Waals surface area contributed by atoms with Crippen LogP contribution in [0.3, 0.4) is 0 Å². The number of amides is 1. The number of hydrogen-bond donors (Lipinski definition) is 1. The molecule has 2 saturated heterocycles. The fourth-order valence-electron chi connectivity index (χ4n) is 4.02. The van der Waals surface area contributed by atoms with Crippen molar-refractivity contribution in [3.8, 4) is 0 Å². The molecule has 0 bridgehead atoms. The van der Waals surface area contributed by atoms with Crippen molar-refractivity contribution in [1.82, 2.24) is 9.80 Å². The van der Waals surface area contributed by atoms with Crippen molar-refractivity contribution in [2.45, 2.75) is 13.0 Å². The second-order valence-corrected chi connectivity index (χ2v) is 9.89. The number of anilines is 2. The fraction of sp³-hybridized carbons (Fsp3) is 0.409. The normalized spacial score (nSPS) is 19.7. The van der Waals surface area contributed by atoms with Gasteiger partial charge in [0, 0.05) is 45.0 Å². The van der Waals surface area contributed by atoms with Crippen molar-refractivity contribution in [2.24, 2.45) is 0 Å². The zero-order valence-corrected chi connectivity index (χ0v) is 17.9. The van der Waals surface area contributed by atoms with Gasteiger partial charge in [-0.15, -0.1) is 0 Å². The highest BCUT2D eigenvalue weighted by atomic mass is 32.2. The monoisotopic (exact) mass is 428 g/mol. The second kappa shape index (κ2) is 9.16. The Labute approximate surface area is 178 Å². The first-order valence-electron chi connectivity index (χ1n) is 10.4. The third-order valence-electron chi connectivity index (χ3n) is 5.60. The van der Waals surface area contributed by atoms with Crippen molar-refractivity contribution in [1.29, 1.82) is 0 Å². The topological polar surface area (TPSA) is 73.0 Å². The Kier molecular flexibility index (Phi) is 6.36. The van der Waals surface area contributed by atoms with Crippen molar-refractivity contribution < 1.29 is 13.2 Å². The van der Waals surface area contributed by atoms with Crippen LogP contribution >= 0.6 is 0 Å². The molecule has 7 nitrogen and oxygen atoms in total.